The summed E-state index contributed by atoms with van der Waals surface area (Å²) in [7, 11) is 0. The number of carbonyl (C=O) groups excluding carboxylic acids is 1. The molecule has 0 heterocycles. The fourth-order valence-electron chi connectivity index (χ4n) is 1.30. The van der Waals surface area contributed by atoms with Crippen LogP contribution in [0.3, 0.4) is 0 Å². The minimum Gasteiger partial charge on any atom is -0.352 e. The zero-order valence-electron chi connectivity index (χ0n) is 9.01. The third-order valence-electron chi connectivity index (χ3n) is 2.20. The molecule has 0 fully saturated rings. The van der Waals surface area contributed by atoms with Crippen molar-refractivity contribution in [3.05, 3.63) is 34.9 Å². The Morgan fingerprint density at radius 3 is 2.50 bits per heavy atom. The van der Waals surface area contributed by atoms with Crippen molar-refractivity contribution >= 4 is 40.1 Å². The van der Waals surface area contributed by atoms with Gasteiger partial charge in [-0.25, -0.2) is 0 Å². The molecule has 1 aromatic rings. The Kier molecular flexibility index (Phi) is 6.80. The van der Waals surface area contributed by atoms with E-state index < -0.39 is 0 Å². The lowest BCUT2D eigenvalue weighted by Crippen LogP contribution is -2.24. The lowest BCUT2D eigenvalue weighted by Gasteiger charge is -2.04. The number of rotatable bonds is 6. The summed E-state index contributed by atoms with van der Waals surface area (Å²) in [4.78, 5) is 11.6. The molecule has 1 rings (SSSR count). The first-order valence-electron chi connectivity index (χ1n) is 5.34. The monoisotopic (exact) mass is 351 g/mol. The minimum atomic E-state index is -0.0221. The molecule has 0 aliphatic carbocycles. The van der Waals surface area contributed by atoms with E-state index in [1.54, 1.807) is 24.3 Å². The van der Waals surface area contributed by atoms with Crippen LogP contribution < -0.4 is 5.32 Å². The normalized spacial score (nSPS) is 10.1. The van der Waals surface area contributed by atoms with Gasteiger partial charge < -0.3 is 5.32 Å². The van der Waals surface area contributed by atoms with Gasteiger partial charge in [0.1, 0.15) is 0 Å². The largest absolute Gasteiger partial charge is 0.352 e. The predicted molar refractivity (Wildman–Crippen MR) is 76.5 cm³/mol. The first-order valence-corrected chi connectivity index (χ1v) is 7.24. The summed E-state index contributed by atoms with van der Waals surface area (Å²) in [5, 5.41) is 3.54. The Bertz CT molecular complexity index is 326. The van der Waals surface area contributed by atoms with Crippen molar-refractivity contribution in [2.75, 3.05) is 11.0 Å². The van der Waals surface area contributed by atoms with Gasteiger partial charge in [0.25, 0.3) is 5.91 Å². The van der Waals surface area contributed by atoms with E-state index >= 15 is 0 Å². The lowest BCUT2D eigenvalue weighted by molar-refractivity contribution is 0.0953. The number of hydrogen-bond donors (Lipinski definition) is 1. The topological polar surface area (TPSA) is 29.1 Å². The molecule has 0 atom stereocenters. The van der Waals surface area contributed by atoms with E-state index in [0.29, 0.717) is 10.6 Å². The van der Waals surface area contributed by atoms with Crippen molar-refractivity contribution in [2.45, 2.75) is 19.3 Å². The maximum atomic E-state index is 11.6. The summed E-state index contributed by atoms with van der Waals surface area (Å²) in [6.45, 7) is 0.748. The maximum absolute atomic E-state index is 11.6. The van der Waals surface area contributed by atoms with E-state index in [4.69, 9.17) is 11.6 Å². The smallest absolute Gasteiger partial charge is 0.251 e. The van der Waals surface area contributed by atoms with Crippen molar-refractivity contribution in [3.63, 3.8) is 0 Å². The lowest BCUT2D eigenvalue weighted by atomic mass is 10.2. The molecule has 16 heavy (non-hydrogen) atoms. The van der Waals surface area contributed by atoms with Gasteiger partial charge >= 0.3 is 0 Å². The number of hydrogen-bond acceptors (Lipinski definition) is 1. The number of alkyl halides is 1. The van der Waals surface area contributed by atoms with Gasteiger partial charge in [-0.1, -0.05) is 40.6 Å². The first kappa shape index (κ1) is 13.8. The zero-order valence-corrected chi connectivity index (χ0v) is 11.9. The van der Waals surface area contributed by atoms with Crippen LogP contribution in [0, 0.1) is 0 Å². The number of carbonyl (C=O) groups is 1. The Hall–Kier alpha value is -0.290. The third-order valence-corrected chi connectivity index (χ3v) is 3.22. The van der Waals surface area contributed by atoms with Crippen molar-refractivity contribution in [1.82, 2.24) is 5.32 Å². The molecule has 88 valence electrons. The Labute approximate surface area is 115 Å². The average molecular weight is 352 g/mol. The van der Waals surface area contributed by atoms with E-state index in [1.807, 2.05) is 0 Å². The van der Waals surface area contributed by atoms with Gasteiger partial charge in [0, 0.05) is 17.1 Å². The van der Waals surface area contributed by atoms with E-state index in [2.05, 4.69) is 27.9 Å². The van der Waals surface area contributed by atoms with Crippen molar-refractivity contribution < 1.29 is 4.79 Å². The number of unbranched alkanes of at least 4 members (excludes halogenated alkanes) is 2. The molecule has 0 saturated heterocycles. The highest BCUT2D eigenvalue weighted by atomic mass is 127. The molecule has 0 unspecified atom stereocenters. The van der Waals surface area contributed by atoms with Gasteiger partial charge in [-0.3, -0.25) is 4.79 Å². The first-order chi connectivity index (χ1) is 7.74. The van der Waals surface area contributed by atoms with Gasteiger partial charge in [-0.05, 0) is 41.5 Å². The zero-order chi connectivity index (χ0) is 11.8. The molecule has 0 radical (unpaired) electrons. The Morgan fingerprint density at radius 2 is 1.88 bits per heavy atom. The molecule has 0 spiro atoms. The standard InChI is InChI=1S/C12H15ClINO/c13-11-6-4-10(5-7-11)12(16)15-9-3-1-2-8-14/h4-7H,1-3,8-9H2,(H,15,16). The van der Waals surface area contributed by atoms with E-state index in [9.17, 15) is 4.79 Å². The number of amides is 1. The molecular formula is C12H15ClINO. The number of benzene rings is 1. The second-order valence-electron chi connectivity index (χ2n) is 3.51. The van der Waals surface area contributed by atoms with E-state index in [-0.39, 0.29) is 5.91 Å². The quantitative estimate of drug-likeness (QED) is 0.473. The molecule has 0 bridgehead atoms. The second-order valence-corrected chi connectivity index (χ2v) is 5.03. The minimum absolute atomic E-state index is 0.0221. The molecule has 0 aliphatic rings. The molecule has 0 aliphatic heterocycles. The predicted octanol–water partition coefficient (Wildman–Crippen LogP) is 3.68. The SMILES string of the molecule is O=C(NCCCCCI)c1ccc(Cl)cc1. The van der Waals surface area contributed by atoms with Gasteiger partial charge in [-0.2, -0.15) is 0 Å². The third kappa shape index (κ3) is 5.16. The highest BCUT2D eigenvalue weighted by Crippen LogP contribution is 2.09. The highest BCUT2D eigenvalue weighted by Gasteiger charge is 2.03. The molecule has 0 aromatic heterocycles. The van der Waals surface area contributed by atoms with Crippen LogP contribution in [0.5, 0.6) is 0 Å². The van der Waals surface area contributed by atoms with Crippen LogP contribution >= 0.6 is 34.2 Å². The van der Waals surface area contributed by atoms with Crippen LogP contribution in [0.15, 0.2) is 24.3 Å². The molecule has 2 nitrogen and oxygen atoms in total. The van der Waals surface area contributed by atoms with Crippen molar-refractivity contribution in [1.29, 1.82) is 0 Å². The molecule has 1 N–H and O–H groups in total. The van der Waals surface area contributed by atoms with Crippen LogP contribution in [-0.2, 0) is 0 Å². The summed E-state index contributed by atoms with van der Waals surface area (Å²) < 4.78 is 1.18. The Balaban J connectivity index is 2.27. The second kappa shape index (κ2) is 7.90. The van der Waals surface area contributed by atoms with Gasteiger partial charge in [-0.15, -0.1) is 0 Å². The molecule has 1 amide bonds. The number of halogens is 2. The summed E-state index contributed by atoms with van der Waals surface area (Å²) in [5.74, 6) is -0.0221. The van der Waals surface area contributed by atoms with E-state index in [1.165, 1.54) is 17.3 Å². The van der Waals surface area contributed by atoms with Crippen molar-refractivity contribution in [2.24, 2.45) is 0 Å². The van der Waals surface area contributed by atoms with Crippen LogP contribution in [0.4, 0.5) is 0 Å². The van der Waals surface area contributed by atoms with Crippen LogP contribution in [-0.4, -0.2) is 16.9 Å². The maximum Gasteiger partial charge on any atom is 0.251 e. The molecular weight excluding hydrogens is 336 g/mol. The Morgan fingerprint density at radius 1 is 1.19 bits per heavy atom. The van der Waals surface area contributed by atoms with Crippen LogP contribution in [0.1, 0.15) is 29.6 Å². The van der Waals surface area contributed by atoms with Crippen LogP contribution in [0.25, 0.3) is 0 Å². The summed E-state index contributed by atoms with van der Waals surface area (Å²) >= 11 is 8.11. The fraction of sp³-hybridized carbons (Fsp3) is 0.417. The average Bonchev–Trinajstić information content (AvgIpc) is 2.29. The fourth-order valence-corrected chi connectivity index (χ4v) is 1.97. The molecule has 0 saturated carbocycles. The highest BCUT2D eigenvalue weighted by molar-refractivity contribution is 14.1. The van der Waals surface area contributed by atoms with Gasteiger partial charge in [0.15, 0.2) is 0 Å². The summed E-state index contributed by atoms with van der Waals surface area (Å²) in [5.41, 5.74) is 0.665. The summed E-state index contributed by atoms with van der Waals surface area (Å²) in [6, 6.07) is 6.93. The van der Waals surface area contributed by atoms with Crippen molar-refractivity contribution in [3.8, 4) is 0 Å². The number of nitrogens with one attached hydrogen (secondary N) is 1. The van der Waals surface area contributed by atoms with E-state index in [0.717, 1.165) is 13.0 Å². The summed E-state index contributed by atoms with van der Waals surface area (Å²) in [6.07, 6.45) is 3.43. The van der Waals surface area contributed by atoms with Gasteiger partial charge in [0.2, 0.25) is 0 Å². The van der Waals surface area contributed by atoms with Crippen LogP contribution in [0.2, 0.25) is 5.02 Å². The van der Waals surface area contributed by atoms with Gasteiger partial charge in [0.05, 0.1) is 0 Å². The molecule has 4 heteroatoms. The molecule has 1 aromatic carbocycles.